The fraction of sp³-hybridized carbons (Fsp3) is 0.652. The summed E-state index contributed by atoms with van der Waals surface area (Å²) in [6.07, 6.45) is 12.2. The quantitative estimate of drug-likeness (QED) is 0.768. The van der Waals surface area contributed by atoms with Crippen LogP contribution >= 0.6 is 0 Å². The number of rotatable bonds is 6. The first kappa shape index (κ1) is 19.4. The Kier molecular flexibility index (Phi) is 7.15. The van der Waals surface area contributed by atoms with E-state index in [1.54, 1.807) is 0 Å². The van der Waals surface area contributed by atoms with Crippen molar-refractivity contribution in [1.82, 2.24) is 15.2 Å². The van der Waals surface area contributed by atoms with Crippen molar-refractivity contribution in [2.24, 2.45) is 11.8 Å². The van der Waals surface area contributed by atoms with Crippen LogP contribution in [0.2, 0.25) is 0 Å². The summed E-state index contributed by atoms with van der Waals surface area (Å²) in [6.45, 7) is 5.74. The van der Waals surface area contributed by atoms with E-state index in [4.69, 9.17) is 0 Å². The number of hydrogen-bond donors (Lipinski definition) is 2. The first-order valence-corrected chi connectivity index (χ1v) is 10.4. The lowest BCUT2D eigenvalue weighted by Crippen LogP contribution is -2.33. The summed E-state index contributed by atoms with van der Waals surface area (Å²) in [7, 11) is 0. The first-order valence-electron chi connectivity index (χ1n) is 10.4. The average Bonchev–Trinajstić information content (AvgIpc) is 3.01. The summed E-state index contributed by atoms with van der Waals surface area (Å²) in [5, 5.41) is 8.64. The van der Waals surface area contributed by atoms with Gasteiger partial charge in [-0.2, -0.15) is 0 Å². The van der Waals surface area contributed by atoms with Crippen molar-refractivity contribution in [3.05, 3.63) is 36.0 Å². The molecule has 4 rings (SSSR count). The molecule has 1 saturated heterocycles. The Bertz CT molecular complexity index is 663. The van der Waals surface area contributed by atoms with Crippen LogP contribution in [0.15, 0.2) is 30.5 Å². The maximum absolute atomic E-state index is 3.74. The largest absolute Gasteiger partial charge is 0.347 e. The normalized spacial score (nSPS) is 19.5. The van der Waals surface area contributed by atoms with Crippen LogP contribution in [-0.4, -0.2) is 24.2 Å². The van der Waals surface area contributed by atoms with Crippen LogP contribution in [-0.2, 0) is 13.1 Å². The highest BCUT2D eigenvalue weighted by molar-refractivity contribution is 5.83. The van der Waals surface area contributed by atoms with E-state index in [-0.39, 0.29) is 7.43 Å². The molecule has 26 heavy (non-hydrogen) atoms. The van der Waals surface area contributed by atoms with Gasteiger partial charge in [0.1, 0.15) is 0 Å². The Labute approximate surface area is 159 Å². The molecule has 0 amide bonds. The number of fused-ring (bicyclic) bond motifs is 1. The molecule has 1 saturated carbocycles. The van der Waals surface area contributed by atoms with Crippen LogP contribution in [0.5, 0.6) is 0 Å². The van der Waals surface area contributed by atoms with E-state index in [0.29, 0.717) is 0 Å². The van der Waals surface area contributed by atoms with Crippen molar-refractivity contribution in [2.75, 3.05) is 19.6 Å². The number of nitrogens with one attached hydrogen (secondary N) is 2. The molecule has 2 heterocycles. The Morgan fingerprint density at radius 3 is 2.54 bits per heavy atom. The van der Waals surface area contributed by atoms with Gasteiger partial charge in [-0.15, -0.1) is 0 Å². The van der Waals surface area contributed by atoms with Crippen LogP contribution in [0.4, 0.5) is 0 Å². The van der Waals surface area contributed by atoms with Gasteiger partial charge < -0.3 is 15.2 Å². The van der Waals surface area contributed by atoms with E-state index < -0.39 is 0 Å². The van der Waals surface area contributed by atoms with Gasteiger partial charge in [0, 0.05) is 30.2 Å². The van der Waals surface area contributed by atoms with Gasteiger partial charge in [-0.05, 0) is 68.8 Å². The molecule has 0 spiro atoms. The van der Waals surface area contributed by atoms with Crippen LogP contribution < -0.4 is 10.6 Å². The molecule has 0 bridgehead atoms. The van der Waals surface area contributed by atoms with Crippen LogP contribution in [0.3, 0.4) is 0 Å². The Morgan fingerprint density at radius 1 is 0.962 bits per heavy atom. The highest BCUT2D eigenvalue weighted by Gasteiger charge is 2.17. The van der Waals surface area contributed by atoms with Crippen LogP contribution in [0.25, 0.3) is 10.9 Å². The molecule has 2 aliphatic rings. The van der Waals surface area contributed by atoms with Gasteiger partial charge >= 0.3 is 0 Å². The molecule has 2 aromatic rings. The van der Waals surface area contributed by atoms with Crippen molar-refractivity contribution in [3.63, 3.8) is 0 Å². The van der Waals surface area contributed by atoms with Crippen molar-refractivity contribution in [1.29, 1.82) is 0 Å². The Morgan fingerprint density at radius 2 is 1.73 bits per heavy atom. The minimum Gasteiger partial charge on any atom is -0.347 e. The lowest BCUT2D eigenvalue weighted by molar-refractivity contribution is 0.322. The molecule has 1 aliphatic heterocycles. The van der Waals surface area contributed by atoms with Crippen molar-refractivity contribution in [3.8, 4) is 0 Å². The molecule has 0 radical (unpaired) electrons. The lowest BCUT2D eigenvalue weighted by atomic mass is 9.89. The number of hydrogen-bond acceptors (Lipinski definition) is 2. The molecule has 3 heteroatoms. The lowest BCUT2D eigenvalue weighted by Gasteiger charge is -2.23. The van der Waals surface area contributed by atoms with E-state index in [2.05, 4.69) is 45.7 Å². The zero-order valence-electron chi connectivity index (χ0n) is 15.5. The molecule has 2 N–H and O–H groups in total. The number of para-hydroxylation sites is 1. The zero-order chi connectivity index (χ0) is 16.9. The number of piperidine rings is 1. The molecule has 2 fully saturated rings. The molecule has 1 aliphatic carbocycles. The van der Waals surface area contributed by atoms with E-state index in [1.165, 1.54) is 81.0 Å². The van der Waals surface area contributed by atoms with Crippen LogP contribution in [0.1, 0.15) is 57.9 Å². The summed E-state index contributed by atoms with van der Waals surface area (Å²) in [5.41, 5.74) is 2.90. The molecule has 1 aromatic carbocycles. The van der Waals surface area contributed by atoms with Gasteiger partial charge in [-0.3, -0.25) is 0 Å². The van der Waals surface area contributed by atoms with E-state index >= 15 is 0 Å². The predicted octanol–water partition coefficient (Wildman–Crippen LogP) is 4.95. The fourth-order valence-electron chi connectivity index (χ4n) is 4.76. The summed E-state index contributed by atoms with van der Waals surface area (Å²) < 4.78 is 2.53. The van der Waals surface area contributed by atoms with Crippen LogP contribution in [0, 0.1) is 11.8 Å². The monoisotopic (exact) mass is 355 g/mol. The zero-order valence-corrected chi connectivity index (χ0v) is 15.5. The number of benzene rings is 1. The third-order valence-corrected chi connectivity index (χ3v) is 6.26. The third kappa shape index (κ3) is 4.69. The SMILES string of the molecule is C.c1ccc2c(c1)c(CNCC1CCNCC1)cn2CC1CCCCC1. The maximum Gasteiger partial charge on any atom is 0.0483 e. The van der Waals surface area contributed by atoms with Gasteiger partial charge in [-0.25, -0.2) is 0 Å². The Balaban J connectivity index is 0.00000196. The number of nitrogens with zero attached hydrogens (tertiary/aromatic N) is 1. The minimum atomic E-state index is 0. The highest BCUT2D eigenvalue weighted by atomic mass is 15.0. The minimum absolute atomic E-state index is 0. The van der Waals surface area contributed by atoms with Crippen molar-refractivity contribution in [2.45, 2.75) is 65.5 Å². The molecular weight excluding hydrogens is 318 g/mol. The standard InChI is InChI=1S/C22H33N3.CH4/c1-2-6-19(7-3-1)16-25-17-20(21-8-4-5-9-22(21)25)15-24-14-18-10-12-23-13-11-18;/h4-5,8-9,17-19,23-24H,1-3,6-7,10-16H2;1H4. The van der Waals surface area contributed by atoms with Gasteiger partial charge in [0.25, 0.3) is 0 Å². The maximum atomic E-state index is 3.74. The summed E-state index contributed by atoms with van der Waals surface area (Å²) >= 11 is 0. The highest BCUT2D eigenvalue weighted by Crippen LogP contribution is 2.28. The second-order valence-electron chi connectivity index (χ2n) is 8.15. The van der Waals surface area contributed by atoms with E-state index in [0.717, 1.165) is 24.9 Å². The molecule has 3 nitrogen and oxygen atoms in total. The molecule has 1 aromatic heterocycles. The van der Waals surface area contributed by atoms with Gasteiger partial charge in [0.2, 0.25) is 0 Å². The smallest absolute Gasteiger partial charge is 0.0483 e. The molecule has 144 valence electrons. The summed E-state index contributed by atoms with van der Waals surface area (Å²) in [4.78, 5) is 0. The number of aromatic nitrogens is 1. The van der Waals surface area contributed by atoms with Gasteiger partial charge in [-0.1, -0.05) is 44.9 Å². The molecule has 0 unspecified atom stereocenters. The molecule has 0 atom stereocenters. The second-order valence-corrected chi connectivity index (χ2v) is 8.15. The Hall–Kier alpha value is -1.32. The van der Waals surface area contributed by atoms with Crippen molar-refractivity contribution >= 4 is 10.9 Å². The van der Waals surface area contributed by atoms with Gasteiger partial charge in [0.05, 0.1) is 0 Å². The fourth-order valence-corrected chi connectivity index (χ4v) is 4.76. The van der Waals surface area contributed by atoms with Crippen molar-refractivity contribution < 1.29 is 0 Å². The van der Waals surface area contributed by atoms with E-state index in [1.807, 2.05) is 0 Å². The summed E-state index contributed by atoms with van der Waals surface area (Å²) in [5.74, 6) is 1.72. The van der Waals surface area contributed by atoms with E-state index in [9.17, 15) is 0 Å². The second kappa shape index (κ2) is 9.57. The third-order valence-electron chi connectivity index (χ3n) is 6.26. The molecular formula is C23H37N3. The first-order chi connectivity index (χ1) is 12.4. The predicted molar refractivity (Wildman–Crippen MR) is 113 cm³/mol. The average molecular weight is 356 g/mol. The topological polar surface area (TPSA) is 29.0 Å². The van der Waals surface area contributed by atoms with Gasteiger partial charge in [0.15, 0.2) is 0 Å². The summed E-state index contributed by atoms with van der Waals surface area (Å²) in [6, 6.07) is 8.97.